The molecule has 0 aromatic rings. The summed E-state index contributed by atoms with van der Waals surface area (Å²) in [5, 5.41) is 0. The van der Waals surface area contributed by atoms with Crippen LogP contribution >= 0.6 is 0 Å². The van der Waals surface area contributed by atoms with E-state index in [2.05, 4.69) is 6.92 Å². The van der Waals surface area contributed by atoms with E-state index in [0.717, 1.165) is 19.3 Å². The molecule has 1 rings (SSSR count). The van der Waals surface area contributed by atoms with Gasteiger partial charge in [0.05, 0.1) is 25.8 Å². The van der Waals surface area contributed by atoms with Crippen LogP contribution < -0.4 is 0 Å². The third-order valence-corrected chi connectivity index (χ3v) is 6.14. The van der Waals surface area contributed by atoms with Gasteiger partial charge in [-0.2, -0.15) is 0 Å². The Morgan fingerprint density at radius 2 is 1.80 bits per heavy atom. The Bertz CT molecular complexity index is 254. The third kappa shape index (κ3) is 4.60. The molecule has 15 heavy (non-hydrogen) atoms. The standard InChI is InChI=1S/C11H20O2S2/c1-2-3-4-5-6-8-11-14(12)9-7-10-15(11)13/h8H,2-7,9-10H2,1H3/t14-,15+. The van der Waals surface area contributed by atoms with Crippen molar-refractivity contribution in [2.24, 2.45) is 0 Å². The molecule has 1 heterocycles. The van der Waals surface area contributed by atoms with Crippen molar-refractivity contribution in [3.63, 3.8) is 0 Å². The van der Waals surface area contributed by atoms with Gasteiger partial charge in [-0.1, -0.05) is 32.3 Å². The Kier molecular flexibility index (Phi) is 6.41. The second-order valence-electron chi connectivity index (χ2n) is 3.83. The Labute approximate surface area is 97.4 Å². The predicted molar refractivity (Wildman–Crippen MR) is 67.5 cm³/mol. The predicted octanol–water partition coefficient (Wildman–Crippen LogP) is 2.70. The van der Waals surface area contributed by atoms with Gasteiger partial charge in [-0.3, -0.25) is 8.42 Å². The summed E-state index contributed by atoms with van der Waals surface area (Å²) in [5.41, 5.74) is 0. The lowest BCUT2D eigenvalue weighted by Gasteiger charge is -2.12. The van der Waals surface area contributed by atoms with Gasteiger partial charge in [-0.05, 0) is 19.3 Å². The average Bonchev–Trinajstić information content (AvgIpc) is 2.21. The first-order valence-electron chi connectivity index (χ1n) is 5.72. The fourth-order valence-corrected chi connectivity index (χ4v) is 4.94. The van der Waals surface area contributed by atoms with E-state index in [9.17, 15) is 8.42 Å². The number of unbranched alkanes of at least 4 members (excludes halogenated alkanes) is 4. The molecule has 0 amide bonds. The molecule has 0 saturated carbocycles. The first-order chi connectivity index (χ1) is 7.25. The highest BCUT2D eigenvalue weighted by Gasteiger charge is 2.19. The summed E-state index contributed by atoms with van der Waals surface area (Å²) in [5.74, 6) is 1.40. The topological polar surface area (TPSA) is 34.1 Å². The van der Waals surface area contributed by atoms with Gasteiger partial charge in [-0.25, -0.2) is 0 Å². The minimum atomic E-state index is -0.954. The molecule has 0 aliphatic carbocycles. The van der Waals surface area contributed by atoms with Gasteiger partial charge in [-0.15, -0.1) is 0 Å². The molecule has 1 saturated heterocycles. The number of hydrogen-bond donors (Lipinski definition) is 0. The molecule has 0 N–H and O–H groups in total. The molecule has 88 valence electrons. The smallest absolute Gasteiger partial charge is 0.0988 e. The average molecular weight is 248 g/mol. The lowest BCUT2D eigenvalue weighted by Crippen LogP contribution is -2.17. The first-order valence-corrected chi connectivity index (χ1v) is 8.36. The van der Waals surface area contributed by atoms with Crippen LogP contribution in [0, 0.1) is 0 Å². The first kappa shape index (κ1) is 13.1. The Balaban J connectivity index is 2.35. The van der Waals surface area contributed by atoms with Crippen LogP contribution in [0.1, 0.15) is 45.4 Å². The molecule has 1 fully saturated rings. The van der Waals surface area contributed by atoms with Gasteiger partial charge in [0.1, 0.15) is 0 Å². The van der Waals surface area contributed by atoms with Crippen molar-refractivity contribution in [3.05, 3.63) is 10.3 Å². The Morgan fingerprint density at radius 3 is 2.40 bits per heavy atom. The number of allylic oxidation sites excluding steroid dienone is 1. The molecule has 4 heteroatoms. The van der Waals surface area contributed by atoms with Crippen molar-refractivity contribution in [2.75, 3.05) is 11.5 Å². The van der Waals surface area contributed by atoms with Gasteiger partial charge in [0.15, 0.2) is 0 Å². The van der Waals surface area contributed by atoms with E-state index in [1.54, 1.807) is 0 Å². The van der Waals surface area contributed by atoms with Crippen LogP contribution in [0.2, 0.25) is 0 Å². The minimum Gasteiger partial charge on any atom is -0.254 e. The number of rotatable bonds is 5. The molecule has 0 radical (unpaired) electrons. The maximum atomic E-state index is 11.6. The molecule has 0 bridgehead atoms. The van der Waals surface area contributed by atoms with Crippen LogP contribution in [0.3, 0.4) is 0 Å². The number of hydrogen-bond acceptors (Lipinski definition) is 2. The van der Waals surface area contributed by atoms with E-state index in [1.165, 1.54) is 19.3 Å². The van der Waals surface area contributed by atoms with E-state index in [4.69, 9.17) is 0 Å². The van der Waals surface area contributed by atoms with E-state index < -0.39 is 21.6 Å². The van der Waals surface area contributed by atoms with Crippen molar-refractivity contribution in [1.29, 1.82) is 0 Å². The van der Waals surface area contributed by atoms with E-state index in [0.29, 0.717) is 15.7 Å². The maximum absolute atomic E-state index is 11.6. The Hall–Kier alpha value is 0.0400. The van der Waals surface area contributed by atoms with E-state index >= 15 is 0 Å². The van der Waals surface area contributed by atoms with Gasteiger partial charge in [0, 0.05) is 11.5 Å². The highest BCUT2D eigenvalue weighted by molar-refractivity contribution is 8.09. The monoisotopic (exact) mass is 248 g/mol. The summed E-state index contributed by atoms with van der Waals surface area (Å²) < 4.78 is 23.9. The van der Waals surface area contributed by atoms with Gasteiger partial charge in [0.25, 0.3) is 0 Å². The lowest BCUT2D eigenvalue weighted by atomic mass is 10.2. The molecule has 2 atom stereocenters. The molecule has 1 aliphatic rings. The summed E-state index contributed by atoms with van der Waals surface area (Å²) in [4.78, 5) is 0. The van der Waals surface area contributed by atoms with Crippen LogP contribution in [0.4, 0.5) is 0 Å². The summed E-state index contributed by atoms with van der Waals surface area (Å²) in [6.07, 6.45) is 8.58. The second-order valence-corrected chi connectivity index (χ2v) is 7.16. The summed E-state index contributed by atoms with van der Waals surface area (Å²) in [6, 6.07) is 0. The second kappa shape index (κ2) is 7.34. The molecule has 1 aliphatic heterocycles. The van der Waals surface area contributed by atoms with Crippen LogP contribution in [0.25, 0.3) is 0 Å². The molecule has 0 spiro atoms. The highest BCUT2D eigenvalue weighted by Crippen LogP contribution is 2.18. The molecule has 0 aromatic heterocycles. The van der Waals surface area contributed by atoms with Gasteiger partial charge < -0.3 is 0 Å². The van der Waals surface area contributed by atoms with Crippen LogP contribution in [0.15, 0.2) is 10.3 Å². The normalized spacial score (nSPS) is 29.5. The van der Waals surface area contributed by atoms with Crippen LogP contribution in [0.5, 0.6) is 0 Å². The zero-order valence-corrected chi connectivity index (χ0v) is 11.0. The van der Waals surface area contributed by atoms with Gasteiger partial charge >= 0.3 is 0 Å². The summed E-state index contributed by atoms with van der Waals surface area (Å²) in [6.45, 7) is 2.18. The zero-order valence-electron chi connectivity index (χ0n) is 9.37. The van der Waals surface area contributed by atoms with Gasteiger partial charge in [0.2, 0.25) is 0 Å². The third-order valence-electron chi connectivity index (χ3n) is 2.48. The summed E-state index contributed by atoms with van der Waals surface area (Å²) >= 11 is 0. The van der Waals surface area contributed by atoms with E-state index in [-0.39, 0.29) is 0 Å². The minimum absolute atomic E-state index is 0.701. The SMILES string of the molecule is CCCCCCC=C1[S@](=O)CCC[S@@]1=O. The maximum Gasteiger partial charge on any atom is 0.0988 e. The molecule has 2 nitrogen and oxygen atoms in total. The van der Waals surface area contributed by atoms with Crippen LogP contribution in [-0.4, -0.2) is 19.9 Å². The summed E-state index contributed by atoms with van der Waals surface area (Å²) in [7, 11) is -1.91. The van der Waals surface area contributed by atoms with Crippen molar-refractivity contribution in [3.8, 4) is 0 Å². The van der Waals surface area contributed by atoms with Crippen LogP contribution in [-0.2, 0) is 21.6 Å². The highest BCUT2D eigenvalue weighted by atomic mass is 32.2. The quantitative estimate of drug-likeness (QED) is 0.701. The fraction of sp³-hybridized carbons (Fsp3) is 0.818. The molecular formula is C11H20O2S2. The molecule has 0 unspecified atom stereocenters. The van der Waals surface area contributed by atoms with Crippen molar-refractivity contribution >= 4 is 21.6 Å². The van der Waals surface area contributed by atoms with Crippen molar-refractivity contribution in [2.45, 2.75) is 45.4 Å². The largest absolute Gasteiger partial charge is 0.254 e. The zero-order chi connectivity index (χ0) is 11.1. The lowest BCUT2D eigenvalue weighted by molar-refractivity contribution is 0.670. The van der Waals surface area contributed by atoms with E-state index in [1.807, 2.05) is 6.08 Å². The fourth-order valence-electron chi connectivity index (χ4n) is 1.60. The molecular weight excluding hydrogens is 228 g/mol. The molecule has 0 aromatic carbocycles. The Morgan fingerprint density at radius 1 is 1.13 bits per heavy atom. The van der Waals surface area contributed by atoms with Crippen molar-refractivity contribution < 1.29 is 8.42 Å². The van der Waals surface area contributed by atoms with Crippen molar-refractivity contribution in [1.82, 2.24) is 0 Å².